The first-order valence-electron chi connectivity index (χ1n) is 8.67. The Morgan fingerprint density at radius 3 is 2.31 bits per heavy atom. The molecule has 0 aromatic heterocycles. The molecule has 0 heterocycles. The van der Waals surface area contributed by atoms with Crippen molar-refractivity contribution in [3.63, 3.8) is 0 Å². The van der Waals surface area contributed by atoms with E-state index in [4.69, 9.17) is 0 Å². The van der Waals surface area contributed by atoms with Gasteiger partial charge in [0, 0.05) is 5.69 Å². The molecule has 0 spiro atoms. The summed E-state index contributed by atoms with van der Waals surface area (Å²) in [6, 6.07) is 13.1. The van der Waals surface area contributed by atoms with Gasteiger partial charge in [0.05, 0.1) is 12.7 Å². The van der Waals surface area contributed by atoms with Gasteiger partial charge >= 0.3 is 0 Å². The summed E-state index contributed by atoms with van der Waals surface area (Å²) in [7, 11) is 1.76. The number of halogens is 1. The van der Waals surface area contributed by atoms with Crippen molar-refractivity contribution in [2.75, 3.05) is 24.2 Å². The third-order valence-electron chi connectivity index (χ3n) is 4.38. The van der Waals surface area contributed by atoms with E-state index >= 15 is 0 Å². The Morgan fingerprint density at radius 2 is 1.65 bits per heavy atom. The van der Waals surface area contributed by atoms with Gasteiger partial charge in [0.15, 0.2) is 12.6 Å². The van der Waals surface area contributed by atoms with Crippen molar-refractivity contribution in [1.82, 2.24) is 0 Å². The number of anilines is 2. The summed E-state index contributed by atoms with van der Waals surface area (Å²) in [6.45, 7) is 3.86. The Morgan fingerprint density at radius 1 is 1.04 bits per heavy atom. The molecule has 1 unspecified atom stereocenters. The van der Waals surface area contributed by atoms with E-state index in [9.17, 15) is 14.0 Å². The van der Waals surface area contributed by atoms with Gasteiger partial charge in [0.2, 0.25) is 0 Å². The van der Waals surface area contributed by atoms with Crippen molar-refractivity contribution in [1.29, 1.82) is 0 Å². The normalized spacial score (nSPS) is 12.9. The molecule has 3 N–H and O–H groups in total. The van der Waals surface area contributed by atoms with Crippen LogP contribution < -0.4 is 15.5 Å². The zero-order chi connectivity index (χ0) is 19.1. The van der Waals surface area contributed by atoms with Gasteiger partial charge in [0.25, 0.3) is 11.8 Å². The fourth-order valence-electron chi connectivity index (χ4n) is 2.58. The lowest BCUT2D eigenvalue weighted by molar-refractivity contribution is -0.885. The predicted octanol–water partition coefficient (Wildman–Crippen LogP) is 1.87. The number of carbonyl (C=O) groups excluding carboxylic acids is 2. The van der Waals surface area contributed by atoms with E-state index in [-0.39, 0.29) is 24.0 Å². The predicted molar refractivity (Wildman–Crippen MR) is 101 cm³/mol. The Kier molecular flexibility index (Phi) is 6.86. The van der Waals surface area contributed by atoms with Gasteiger partial charge < -0.3 is 15.5 Å². The molecular formula is C20H25FN3O2+. The third-order valence-corrected chi connectivity index (χ3v) is 4.38. The molecule has 2 amide bonds. The molecule has 0 bridgehead atoms. The lowest BCUT2D eigenvalue weighted by atomic mass is 10.1. The van der Waals surface area contributed by atoms with E-state index < -0.39 is 11.9 Å². The largest absolute Gasteiger partial charge is 0.321 e. The molecule has 26 heavy (non-hydrogen) atoms. The molecule has 2 rings (SSSR count). The van der Waals surface area contributed by atoms with Crippen LogP contribution in [-0.4, -0.2) is 31.4 Å². The van der Waals surface area contributed by atoms with E-state index in [1.807, 2.05) is 31.2 Å². The standard InChI is InChI=1S/C20H24FN3O2/c1-4-15-9-5-7-11-17(15)22-19(25)13-24(3)14(2)20(26)23-18-12-8-6-10-16(18)21/h5-12,14H,4,13H2,1-3H3,(H,22,25)(H,23,26)/p+1/t14-/m0/s1. The summed E-state index contributed by atoms with van der Waals surface area (Å²) in [5.41, 5.74) is 1.98. The van der Waals surface area contributed by atoms with Crippen LogP contribution in [0, 0.1) is 5.82 Å². The molecule has 0 aliphatic heterocycles. The second kappa shape index (κ2) is 9.10. The van der Waals surface area contributed by atoms with Gasteiger partial charge in [-0.05, 0) is 37.1 Å². The number of hydrogen-bond donors (Lipinski definition) is 3. The van der Waals surface area contributed by atoms with E-state index in [0.29, 0.717) is 4.90 Å². The second-order valence-electron chi connectivity index (χ2n) is 6.27. The highest BCUT2D eigenvalue weighted by atomic mass is 19.1. The fourth-order valence-corrected chi connectivity index (χ4v) is 2.58. The Hall–Kier alpha value is -2.73. The van der Waals surface area contributed by atoms with Crippen LogP contribution in [0.5, 0.6) is 0 Å². The number of quaternary nitrogens is 1. The molecule has 138 valence electrons. The van der Waals surface area contributed by atoms with E-state index in [1.54, 1.807) is 26.1 Å². The Labute approximate surface area is 153 Å². The quantitative estimate of drug-likeness (QED) is 0.708. The molecule has 0 fully saturated rings. The molecule has 0 radical (unpaired) electrons. The van der Waals surface area contributed by atoms with Crippen molar-refractivity contribution >= 4 is 23.2 Å². The average molecular weight is 358 g/mol. The number of hydrogen-bond acceptors (Lipinski definition) is 2. The van der Waals surface area contributed by atoms with Gasteiger partial charge in [-0.2, -0.15) is 0 Å². The maximum atomic E-state index is 13.7. The number of carbonyl (C=O) groups is 2. The number of likely N-dealkylation sites (N-methyl/N-ethyl adjacent to an activating group) is 1. The Bertz CT molecular complexity index is 779. The van der Waals surface area contributed by atoms with Gasteiger partial charge in [-0.3, -0.25) is 9.59 Å². The number of rotatable bonds is 7. The highest BCUT2D eigenvalue weighted by Gasteiger charge is 2.24. The van der Waals surface area contributed by atoms with Crippen LogP contribution >= 0.6 is 0 Å². The fraction of sp³-hybridized carbons (Fsp3) is 0.300. The van der Waals surface area contributed by atoms with Crippen LogP contribution in [0.1, 0.15) is 19.4 Å². The highest BCUT2D eigenvalue weighted by molar-refractivity contribution is 5.94. The van der Waals surface area contributed by atoms with Gasteiger partial charge in [0.1, 0.15) is 5.82 Å². The van der Waals surface area contributed by atoms with Crippen molar-refractivity contribution in [3.05, 3.63) is 59.9 Å². The van der Waals surface area contributed by atoms with Crippen LogP contribution in [0.2, 0.25) is 0 Å². The van der Waals surface area contributed by atoms with Crippen LogP contribution in [0.25, 0.3) is 0 Å². The summed E-state index contributed by atoms with van der Waals surface area (Å²) in [5.74, 6) is -0.997. The molecule has 0 saturated heterocycles. The highest BCUT2D eigenvalue weighted by Crippen LogP contribution is 2.15. The van der Waals surface area contributed by atoms with Crippen molar-refractivity contribution in [2.45, 2.75) is 26.3 Å². The number of para-hydroxylation sites is 2. The maximum Gasteiger partial charge on any atom is 0.282 e. The molecule has 2 aromatic carbocycles. The van der Waals surface area contributed by atoms with Crippen molar-refractivity contribution in [3.8, 4) is 0 Å². The van der Waals surface area contributed by atoms with E-state index in [0.717, 1.165) is 17.7 Å². The topological polar surface area (TPSA) is 62.6 Å². The molecule has 0 aliphatic carbocycles. The summed E-state index contributed by atoms with van der Waals surface area (Å²) >= 11 is 0. The van der Waals surface area contributed by atoms with Crippen molar-refractivity contribution < 1.29 is 18.9 Å². The zero-order valence-electron chi connectivity index (χ0n) is 15.3. The molecule has 2 atom stereocenters. The number of nitrogens with one attached hydrogen (secondary N) is 3. The van der Waals surface area contributed by atoms with E-state index in [2.05, 4.69) is 10.6 Å². The lowest BCUT2D eigenvalue weighted by Crippen LogP contribution is -3.14. The summed E-state index contributed by atoms with van der Waals surface area (Å²) in [5, 5.41) is 5.46. The first kappa shape index (κ1) is 19.6. The SMILES string of the molecule is CCc1ccccc1NC(=O)C[NH+](C)[C@@H](C)C(=O)Nc1ccccc1F. The Balaban J connectivity index is 1.93. The first-order chi connectivity index (χ1) is 12.4. The summed E-state index contributed by atoms with van der Waals surface area (Å²) in [4.78, 5) is 25.3. The maximum absolute atomic E-state index is 13.7. The molecular weight excluding hydrogens is 333 g/mol. The first-order valence-corrected chi connectivity index (χ1v) is 8.67. The summed E-state index contributed by atoms with van der Waals surface area (Å²) < 4.78 is 13.7. The zero-order valence-corrected chi connectivity index (χ0v) is 15.3. The molecule has 5 nitrogen and oxygen atoms in total. The molecule has 0 saturated carbocycles. The van der Waals surface area contributed by atoms with Crippen LogP contribution in [0.3, 0.4) is 0 Å². The second-order valence-corrected chi connectivity index (χ2v) is 6.27. The number of benzene rings is 2. The van der Waals surface area contributed by atoms with Crippen LogP contribution in [0.4, 0.5) is 15.8 Å². The van der Waals surface area contributed by atoms with Gasteiger partial charge in [-0.1, -0.05) is 37.3 Å². The number of amides is 2. The minimum Gasteiger partial charge on any atom is -0.321 e. The minimum absolute atomic E-state index is 0.129. The van der Waals surface area contributed by atoms with E-state index in [1.165, 1.54) is 12.1 Å². The molecule has 2 aromatic rings. The summed E-state index contributed by atoms with van der Waals surface area (Å²) in [6.07, 6.45) is 0.820. The molecule has 6 heteroatoms. The molecule has 0 aliphatic rings. The van der Waals surface area contributed by atoms with Gasteiger partial charge in [-0.15, -0.1) is 0 Å². The number of aryl methyl sites for hydroxylation is 1. The minimum atomic E-state index is -0.512. The lowest BCUT2D eigenvalue weighted by Gasteiger charge is -2.21. The van der Waals surface area contributed by atoms with Gasteiger partial charge in [-0.25, -0.2) is 4.39 Å². The monoisotopic (exact) mass is 358 g/mol. The average Bonchev–Trinajstić information content (AvgIpc) is 2.63. The van der Waals surface area contributed by atoms with Crippen LogP contribution in [-0.2, 0) is 16.0 Å². The van der Waals surface area contributed by atoms with Crippen molar-refractivity contribution in [2.24, 2.45) is 0 Å². The smallest absolute Gasteiger partial charge is 0.282 e. The van der Waals surface area contributed by atoms with Crippen LogP contribution in [0.15, 0.2) is 48.5 Å². The third kappa shape index (κ3) is 5.13.